The summed E-state index contributed by atoms with van der Waals surface area (Å²) in [4.78, 5) is 12.6. The van der Waals surface area contributed by atoms with Crippen molar-refractivity contribution in [3.05, 3.63) is 30.6 Å². The third-order valence-corrected chi connectivity index (χ3v) is 2.48. The SMILES string of the molecule is CCCC(C)c1ncnn1-c1ncccn1. The maximum atomic E-state index is 4.28. The van der Waals surface area contributed by atoms with Gasteiger partial charge < -0.3 is 0 Å². The molecule has 0 bridgehead atoms. The summed E-state index contributed by atoms with van der Waals surface area (Å²) in [5.41, 5.74) is 0. The lowest BCUT2D eigenvalue weighted by atomic mass is 10.1. The first-order chi connectivity index (χ1) is 7.83. The van der Waals surface area contributed by atoms with E-state index in [0.717, 1.165) is 18.7 Å². The quantitative estimate of drug-likeness (QED) is 0.785. The lowest BCUT2D eigenvalue weighted by molar-refractivity contribution is 0.596. The Morgan fingerprint density at radius 3 is 2.69 bits per heavy atom. The van der Waals surface area contributed by atoms with Gasteiger partial charge in [-0.2, -0.15) is 9.78 Å². The minimum atomic E-state index is 0.372. The largest absolute Gasteiger partial charge is 0.252 e. The lowest BCUT2D eigenvalue weighted by Gasteiger charge is -2.09. The summed E-state index contributed by atoms with van der Waals surface area (Å²) < 4.78 is 1.71. The van der Waals surface area contributed by atoms with Crippen LogP contribution in [0.5, 0.6) is 0 Å². The molecule has 1 unspecified atom stereocenters. The van der Waals surface area contributed by atoms with Crippen molar-refractivity contribution in [2.75, 3.05) is 0 Å². The molecule has 1 atom stereocenters. The average Bonchev–Trinajstić information content (AvgIpc) is 2.79. The van der Waals surface area contributed by atoms with Crippen molar-refractivity contribution in [2.45, 2.75) is 32.6 Å². The smallest absolute Gasteiger partial charge is 0.220 e. The van der Waals surface area contributed by atoms with Gasteiger partial charge in [0.15, 0.2) is 0 Å². The number of hydrogen-bond acceptors (Lipinski definition) is 4. The van der Waals surface area contributed by atoms with Crippen LogP contribution >= 0.6 is 0 Å². The second-order valence-corrected chi connectivity index (χ2v) is 3.77. The van der Waals surface area contributed by atoms with Crippen molar-refractivity contribution in [1.82, 2.24) is 24.7 Å². The summed E-state index contributed by atoms with van der Waals surface area (Å²) in [6.07, 6.45) is 7.18. The van der Waals surface area contributed by atoms with Crippen molar-refractivity contribution in [1.29, 1.82) is 0 Å². The van der Waals surface area contributed by atoms with Gasteiger partial charge in [-0.05, 0) is 12.5 Å². The van der Waals surface area contributed by atoms with Crippen molar-refractivity contribution in [3.8, 4) is 5.95 Å². The van der Waals surface area contributed by atoms with Crippen molar-refractivity contribution < 1.29 is 0 Å². The third kappa shape index (κ3) is 2.08. The van der Waals surface area contributed by atoms with Gasteiger partial charge in [-0.3, -0.25) is 0 Å². The maximum absolute atomic E-state index is 4.28. The highest BCUT2D eigenvalue weighted by Crippen LogP contribution is 2.18. The van der Waals surface area contributed by atoms with Crippen LogP contribution in [0.15, 0.2) is 24.8 Å². The number of hydrogen-bond donors (Lipinski definition) is 0. The minimum absolute atomic E-state index is 0.372. The first-order valence-electron chi connectivity index (χ1n) is 5.50. The standard InChI is InChI=1S/C11H15N5/c1-3-5-9(2)10-14-8-15-16(10)11-12-6-4-7-13-11/h4,6-9H,3,5H2,1-2H3. The summed E-state index contributed by atoms with van der Waals surface area (Å²) in [6.45, 7) is 4.31. The molecule has 2 rings (SSSR count). The summed E-state index contributed by atoms with van der Waals surface area (Å²) >= 11 is 0. The predicted molar refractivity (Wildman–Crippen MR) is 60.3 cm³/mol. The monoisotopic (exact) mass is 217 g/mol. The van der Waals surface area contributed by atoms with Gasteiger partial charge >= 0.3 is 0 Å². The first-order valence-corrected chi connectivity index (χ1v) is 5.50. The van der Waals surface area contributed by atoms with E-state index in [1.807, 2.05) is 0 Å². The molecule has 0 radical (unpaired) electrons. The molecule has 0 aliphatic heterocycles. The summed E-state index contributed by atoms with van der Waals surface area (Å²) in [7, 11) is 0. The van der Waals surface area contributed by atoms with Crippen LogP contribution in [0.4, 0.5) is 0 Å². The Kier molecular flexibility index (Phi) is 3.24. The normalized spacial score (nSPS) is 12.6. The van der Waals surface area contributed by atoms with Gasteiger partial charge in [0.2, 0.25) is 0 Å². The fourth-order valence-corrected chi connectivity index (χ4v) is 1.70. The van der Waals surface area contributed by atoms with Crippen LogP contribution in [-0.2, 0) is 0 Å². The zero-order valence-corrected chi connectivity index (χ0v) is 9.54. The van der Waals surface area contributed by atoms with Crippen molar-refractivity contribution >= 4 is 0 Å². The van der Waals surface area contributed by atoms with Gasteiger partial charge in [0.05, 0.1) is 0 Å². The molecule has 16 heavy (non-hydrogen) atoms. The highest BCUT2D eigenvalue weighted by atomic mass is 15.4. The van der Waals surface area contributed by atoms with E-state index in [1.165, 1.54) is 0 Å². The van der Waals surface area contributed by atoms with Gasteiger partial charge in [0.1, 0.15) is 12.2 Å². The Hall–Kier alpha value is -1.78. The molecule has 0 spiro atoms. The minimum Gasteiger partial charge on any atom is -0.220 e. The molecular formula is C11H15N5. The zero-order valence-electron chi connectivity index (χ0n) is 9.54. The molecule has 2 heterocycles. The van der Waals surface area contributed by atoms with E-state index in [1.54, 1.807) is 29.5 Å². The molecule has 5 nitrogen and oxygen atoms in total. The summed E-state index contributed by atoms with van der Waals surface area (Å²) in [5, 5.41) is 4.17. The van der Waals surface area contributed by atoms with Gasteiger partial charge in [-0.15, -0.1) is 0 Å². The van der Waals surface area contributed by atoms with Gasteiger partial charge in [-0.1, -0.05) is 20.3 Å². The molecule has 2 aromatic rings. The Labute approximate surface area is 94.6 Å². The topological polar surface area (TPSA) is 56.5 Å². The molecular weight excluding hydrogens is 202 g/mol. The molecule has 5 heteroatoms. The molecule has 84 valence electrons. The molecule has 0 saturated carbocycles. The average molecular weight is 217 g/mol. The van der Waals surface area contributed by atoms with Crippen LogP contribution in [-0.4, -0.2) is 24.7 Å². The third-order valence-electron chi connectivity index (χ3n) is 2.48. The van der Waals surface area contributed by atoms with Crippen LogP contribution < -0.4 is 0 Å². The Morgan fingerprint density at radius 2 is 2.00 bits per heavy atom. The molecule has 2 aromatic heterocycles. The molecule has 0 aliphatic carbocycles. The molecule has 0 aliphatic rings. The van der Waals surface area contributed by atoms with Crippen LogP contribution in [0.1, 0.15) is 38.4 Å². The van der Waals surface area contributed by atoms with E-state index in [2.05, 4.69) is 33.9 Å². The fourth-order valence-electron chi connectivity index (χ4n) is 1.70. The second kappa shape index (κ2) is 4.83. The Morgan fingerprint density at radius 1 is 1.25 bits per heavy atom. The number of aromatic nitrogens is 5. The first kappa shape index (κ1) is 10.7. The van der Waals surface area contributed by atoms with Crippen LogP contribution in [0.2, 0.25) is 0 Å². The van der Waals surface area contributed by atoms with Gasteiger partial charge in [0.25, 0.3) is 5.95 Å². The van der Waals surface area contributed by atoms with E-state index in [-0.39, 0.29) is 0 Å². The fraction of sp³-hybridized carbons (Fsp3) is 0.455. The molecule has 0 amide bonds. The second-order valence-electron chi connectivity index (χ2n) is 3.77. The van der Waals surface area contributed by atoms with Crippen LogP contribution in [0.3, 0.4) is 0 Å². The highest BCUT2D eigenvalue weighted by molar-refractivity contribution is 5.12. The van der Waals surface area contributed by atoms with E-state index in [4.69, 9.17) is 0 Å². The van der Waals surface area contributed by atoms with Crippen LogP contribution in [0, 0.1) is 0 Å². The number of rotatable bonds is 4. The molecule has 0 saturated heterocycles. The lowest BCUT2D eigenvalue weighted by Crippen LogP contribution is -2.09. The van der Waals surface area contributed by atoms with E-state index in [9.17, 15) is 0 Å². The highest BCUT2D eigenvalue weighted by Gasteiger charge is 2.14. The Bertz CT molecular complexity index is 437. The van der Waals surface area contributed by atoms with E-state index < -0.39 is 0 Å². The maximum Gasteiger partial charge on any atom is 0.252 e. The van der Waals surface area contributed by atoms with Crippen molar-refractivity contribution in [3.63, 3.8) is 0 Å². The van der Waals surface area contributed by atoms with E-state index in [0.29, 0.717) is 11.9 Å². The summed E-state index contributed by atoms with van der Waals surface area (Å²) in [5.74, 6) is 1.88. The van der Waals surface area contributed by atoms with Crippen molar-refractivity contribution in [2.24, 2.45) is 0 Å². The zero-order chi connectivity index (χ0) is 11.4. The number of nitrogens with zero attached hydrogens (tertiary/aromatic N) is 5. The summed E-state index contributed by atoms with van der Waals surface area (Å²) in [6, 6.07) is 1.79. The van der Waals surface area contributed by atoms with Crippen LogP contribution in [0.25, 0.3) is 5.95 Å². The molecule has 0 N–H and O–H groups in total. The molecule has 0 aromatic carbocycles. The Balaban J connectivity index is 2.33. The molecule has 0 fully saturated rings. The van der Waals surface area contributed by atoms with Gasteiger partial charge in [0, 0.05) is 18.3 Å². The predicted octanol–water partition coefficient (Wildman–Crippen LogP) is 1.96. The van der Waals surface area contributed by atoms with E-state index >= 15 is 0 Å². The van der Waals surface area contributed by atoms with Gasteiger partial charge in [-0.25, -0.2) is 15.0 Å².